The number of carboxylic acid groups (broad SMARTS) is 1. The van der Waals surface area contributed by atoms with Crippen LogP contribution < -0.4 is 45.7 Å². The molecular weight excluding hydrogens is 503 g/mol. The molecule has 32 heavy (non-hydrogen) atoms. The third-order valence-corrected chi connectivity index (χ3v) is 9.36. The van der Waals surface area contributed by atoms with Crippen molar-refractivity contribution in [3.05, 3.63) is 11.1 Å². The minimum absolute atomic E-state index is 0. The van der Waals surface area contributed by atoms with E-state index in [2.05, 4.69) is 25.8 Å². The summed E-state index contributed by atoms with van der Waals surface area (Å²) in [4.78, 5) is 31.1. The Kier molecular flexibility index (Phi) is 8.10. The Morgan fingerprint density at radius 2 is 2.31 bits per heavy atom. The standard InChI is InChI=1S/C16H20N8O3S4.Na/c1-7(8-3-29-14(17)18-8)10(28)19-9-11(25)24-4-16(13(26)27,5-30-12(9)24)6-31-15-20-21-22-23(15)2;/h3,7,9,12H,4-6H2,1-2H3,(H2,17,18)(H,19,28)(H,26,27);/q;+1/p-1/t7?,9?,12-,16?;/m1./s1. The molecule has 166 valence electrons. The normalized spacial score (nSPS) is 25.3. The van der Waals surface area contributed by atoms with E-state index in [0.717, 1.165) is 5.69 Å². The number of nitrogens with zero attached hydrogens (tertiary/aromatic N) is 6. The molecule has 0 aromatic carbocycles. The van der Waals surface area contributed by atoms with Gasteiger partial charge in [-0.3, -0.25) is 4.79 Å². The van der Waals surface area contributed by atoms with Gasteiger partial charge in [0.2, 0.25) is 11.1 Å². The number of tetrazole rings is 1. The van der Waals surface area contributed by atoms with Crippen LogP contribution in [0.25, 0.3) is 0 Å². The first-order valence-corrected chi connectivity index (χ1v) is 12.5. The van der Waals surface area contributed by atoms with E-state index in [-0.39, 0.29) is 59.1 Å². The number of fused-ring (bicyclic) bond motifs is 1. The van der Waals surface area contributed by atoms with Crippen molar-refractivity contribution < 1.29 is 44.3 Å². The second-order valence-corrected chi connectivity index (χ2v) is 10.8. The number of β-lactam (4-membered cyclic amide) rings is 1. The van der Waals surface area contributed by atoms with E-state index < -0.39 is 17.4 Å². The minimum Gasteiger partial charge on any atom is -0.549 e. The van der Waals surface area contributed by atoms with Crippen molar-refractivity contribution in [3.8, 4) is 0 Å². The van der Waals surface area contributed by atoms with Crippen LogP contribution in [0.1, 0.15) is 18.5 Å². The number of carbonyl (C=O) groups is 2. The maximum atomic E-state index is 12.8. The van der Waals surface area contributed by atoms with Gasteiger partial charge in [-0.15, -0.1) is 28.2 Å². The molecule has 2 aliphatic rings. The molecule has 0 spiro atoms. The fraction of sp³-hybridized carbons (Fsp3) is 0.562. The first-order chi connectivity index (χ1) is 14.7. The van der Waals surface area contributed by atoms with Crippen LogP contribution in [0.2, 0.25) is 0 Å². The first kappa shape index (κ1) is 25.6. The number of nitrogen functional groups attached to an aromatic ring is 1. The molecule has 2 fully saturated rings. The summed E-state index contributed by atoms with van der Waals surface area (Å²) in [5.74, 6) is -1.04. The predicted molar refractivity (Wildman–Crippen MR) is 119 cm³/mol. The quantitative estimate of drug-likeness (QED) is 0.158. The summed E-state index contributed by atoms with van der Waals surface area (Å²) >= 11 is 9.46. The number of carboxylic acids is 1. The van der Waals surface area contributed by atoms with Gasteiger partial charge in [0.25, 0.3) is 0 Å². The number of anilines is 1. The van der Waals surface area contributed by atoms with E-state index in [1.807, 2.05) is 12.3 Å². The van der Waals surface area contributed by atoms with Gasteiger partial charge in [-0.05, 0) is 10.4 Å². The van der Waals surface area contributed by atoms with Crippen molar-refractivity contribution in [2.24, 2.45) is 12.5 Å². The van der Waals surface area contributed by atoms with Crippen LogP contribution in [0.3, 0.4) is 0 Å². The van der Waals surface area contributed by atoms with E-state index in [0.29, 0.717) is 21.0 Å². The Hall–Kier alpha value is -0.970. The van der Waals surface area contributed by atoms with Gasteiger partial charge >= 0.3 is 29.6 Å². The van der Waals surface area contributed by atoms with Crippen molar-refractivity contribution in [1.82, 2.24) is 35.4 Å². The maximum Gasteiger partial charge on any atom is 1.00 e. The van der Waals surface area contributed by atoms with Crippen LogP contribution in [0.4, 0.5) is 5.13 Å². The summed E-state index contributed by atoms with van der Waals surface area (Å²) < 4.78 is 1.47. The van der Waals surface area contributed by atoms with Gasteiger partial charge in [0.15, 0.2) is 5.13 Å². The van der Waals surface area contributed by atoms with Gasteiger partial charge in [-0.25, -0.2) is 9.67 Å². The van der Waals surface area contributed by atoms with Gasteiger partial charge in [-0.1, -0.05) is 30.9 Å². The number of aryl methyl sites for hydroxylation is 1. The second kappa shape index (κ2) is 10.1. The number of carbonyl (C=O) groups excluding carboxylic acids is 2. The molecule has 0 radical (unpaired) electrons. The molecule has 2 saturated heterocycles. The van der Waals surface area contributed by atoms with Crippen molar-refractivity contribution in [2.45, 2.75) is 29.4 Å². The van der Waals surface area contributed by atoms with E-state index in [9.17, 15) is 14.7 Å². The van der Waals surface area contributed by atoms with E-state index in [1.54, 1.807) is 11.9 Å². The summed E-state index contributed by atoms with van der Waals surface area (Å²) in [5.41, 5.74) is 5.26. The van der Waals surface area contributed by atoms with Crippen LogP contribution in [-0.2, 0) is 16.6 Å². The predicted octanol–water partition coefficient (Wildman–Crippen LogP) is -3.91. The number of nitrogens with two attached hydrogens (primary N) is 1. The molecule has 0 bridgehead atoms. The Labute approximate surface area is 223 Å². The number of aromatic nitrogens is 5. The van der Waals surface area contributed by atoms with Crippen LogP contribution in [-0.4, -0.2) is 76.4 Å². The molecule has 4 heterocycles. The molecule has 0 saturated carbocycles. The molecule has 0 aliphatic carbocycles. The number of hydrogen-bond donors (Lipinski definition) is 2. The molecule has 2 aromatic rings. The topological polar surface area (TPSA) is 155 Å². The largest absolute Gasteiger partial charge is 1.00 e. The Morgan fingerprint density at radius 3 is 2.91 bits per heavy atom. The molecule has 3 unspecified atom stereocenters. The van der Waals surface area contributed by atoms with Crippen molar-refractivity contribution >= 4 is 69.1 Å². The second-order valence-electron chi connectivity index (χ2n) is 7.43. The van der Waals surface area contributed by atoms with Crippen LogP contribution in [0, 0.1) is 5.41 Å². The number of nitrogens with one attached hydrogen (secondary N) is 1. The number of amides is 1. The van der Waals surface area contributed by atoms with Gasteiger partial charge in [0, 0.05) is 41.8 Å². The number of rotatable bonds is 7. The molecular formula is C16H19N8NaO3S4. The molecule has 11 nitrogen and oxygen atoms in total. The van der Waals surface area contributed by atoms with Crippen LogP contribution >= 0.6 is 47.1 Å². The monoisotopic (exact) mass is 522 g/mol. The summed E-state index contributed by atoms with van der Waals surface area (Å²) in [7, 11) is 1.68. The Balaban J connectivity index is 0.00000289. The van der Waals surface area contributed by atoms with Gasteiger partial charge in [-0.2, -0.15) is 0 Å². The Bertz CT molecular complexity index is 1030. The maximum absolute atomic E-state index is 12.8. The SMILES string of the molecule is CC(C(=S)NC1C(=O)N2CC(CSc3nnnn3C)(C(=O)[O-])CS[C@H]12)c1csc(N)n1.[Na+]. The third-order valence-electron chi connectivity index (χ3n) is 5.31. The van der Waals surface area contributed by atoms with Crippen molar-refractivity contribution in [1.29, 1.82) is 0 Å². The van der Waals surface area contributed by atoms with Crippen LogP contribution in [0.15, 0.2) is 10.5 Å². The number of thiazole rings is 1. The van der Waals surface area contributed by atoms with Gasteiger partial charge < -0.3 is 25.9 Å². The fourth-order valence-electron chi connectivity index (χ4n) is 3.36. The molecule has 2 aliphatic heterocycles. The zero-order valence-electron chi connectivity index (χ0n) is 17.5. The summed E-state index contributed by atoms with van der Waals surface area (Å²) in [6.07, 6.45) is 0. The molecule has 2 aromatic heterocycles. The zero-order valence-corrected chi connectivity index (χ0v) is 22.8. The van der Waals surface area contributed by atoms with E-state index >= 15 is 0 Å². The fourth-order valence-corrected chi connectivity index (χ4v) is 6.96. The zero-order chi connectivity index (χ0) is 22.3. The van der Waals surface area contributed by atoms with Crippen molar-refractivity contribution in [2.75, 3.05) is 23.8 Å². The molecule has 1 amide bonds. The number of thiocarbonyl (C=S) groups is 1. The first-order valence-electron chi connectivity index (χ1n) is 9.22. The van der Waals surface area contributed by atoms with E-state index in [1.165, 1.54) is 39.5 Å². The van der Waals surface area contributed by atoms with Crippen LogP contribution in [0.5, 0.6) is 0 Å². The molecule has 4 rings (SSSR count). The minimum atomic E-state index is -1.19. The molecule has 4 atom stereocenters. The summed E-state index contributed by atoms with van der Waals surface area (Å²) in [6.45, 7) is 1.98. The molecule has 16 heteroatoms. The van der Waals surface area contributed by atoms with Gasteiger partial charge in [0.05, 0.1) is 16.7 Å². The summed E-state index contributed by atoms with van der Waals surface area (Å²) in [6, 6.07) is -0.494. The van der Waals surface area contributed by atoms with Gasteiger partial charge in [0.1, 0.15) is 11.4 Å². The number of hydrogen-bond acceptors (Lipinski definition) is 12. The average molecular weight is 523 g/mol. The smallest absolute Gasteiger partial charge is 0.549 e. The Morgan fingerprint density at radius 1 is 1.56 bits per heavy atom. The summed E-state index contributed by atoms with van der Waals surface area (Å²) in [5, 5.41) is 29.0. The van der Waals surface area contributed by atoms with Crippen molar-refractivity contribution in [3.63, 3.8) is 0 Å². The third kappa shape index (κ3) is 4.79. The number of thioether (sulfide) groups is 2. The average Bonchev–Trinajstić information content (AvgIpc) is 3.37. The number of aliphatic carboxylic acids is 1. The molecule has 3 N–H and O–H groups in total. The van der Waals surface area contributed by atoms with E-state index in [4.69, 9.17) is 18.0 Å².